The molecule has 0 spiro atoms. The van der Waals surface area contributed by atoms with Crippen molar-refractivity contribution in [2.75, 3.05) is 0 Å². The van der Waals surface area contributed by atoms with E-state index in [1.165, 1.54) is 11.1 Å². The molecule has 0 atom stereocenters. The summed E-state index contributed by atoms with van der Waals surface area (Å²) in [4.78, 5) is 18.8. The molecule has 18 heavy (non-hydrogen) atoms. The maximum atomic E-state index is 9.41. The molecule has 92 valence electrons. The molecule has 0 saturated carbocycles. The maximum absolute atomic E-state index is 9.41. The van der Waals surface area contributed by atoms with Crippen LogP contribution in [0.3, 0.4) is 0 Å². The molecule has 0 saturated heterocycles. The van der Waals surface area contributed by atoms with Gasteiger partial charge in [0.05, 0.1) is 11.9 Å². The van der Waals surface area contributed by atoms with Crippen LogP contribution < -0.4 is 113 Å². The van der Waals surface area contributed by atoms with Crippen molar-refractivity contribution < 1.29 is 123 Å². The van der Waals surface area contributed by atoms with E-state index >= 15 is 0 Å². The third-order valence-electron chi connectivity index (χ3n) is 0.355. The van der Waals surface area contributed by atoms with Crippen molar-refractivity contribution in [1.29, 1.82) is 0 Å². The number of carbonyl (C=O) groups excluding carboxylic acids is 2. The molecule has 0 unspecified atom stereocenters. The first kappa shape index (κ1) is 31.7. The van der Waals surface area contributed by atoms with Crippen molar-refractivity contribution in [3.05, 3.63) is 36.5 Å². The summed E-state index contributed by atoms with van der Waals surface area (Å²) in [5.74, 6) is -3.09. The fourth-order valence-electron chi connectivity index (χ4n) is 0.136. The van der Waals surface area contributed by atoms with E-state index in [1.807, 2.05) is 27.7 Å². The zero-order valence-electron chi connectivity index (χ0n) is 12.2. The number of hydrogen-bond acceptors (Lipinski definition) is 4. The molecule has 0 aliphatic heterocycles. The van der Waals surface area contributed by atoms with Gasteiger partial charge in [0.1, 0.15) is 0 Å². The number of aliphatic carboxylic acids is 2. The van der Waals surface area contributed by atoms with Crippen molar-refractivity contribution in [3.63, 3.8) is 0 Å². The second kappa shape index (κ2) is 23.5. The van der Waals surface area contributed by atoms with Gasteiger partial charge in [-0.25, -0.2) is 0 Å². The predicted octanol–water partition coefficient (Wildman–Crippen LogP) is -5.78. The van der Waals surface area contributed by atoms with Crippen LogP contribution in [0.2, 0.25) is 0 Å². The number of carboxylic acid groups (broad SMARTS) is 2. The molecule has 0 heterocycles. The van der Waals surface area contributed by atoms with Gasteiger partial charge < -0.3 is 19.8 Å². The summed E-state index contributed by atoms with van der Waals surface area (Å²) in [7, 11) is 0. The first-order chi connectivity index (χ1) is 7.09. The van der Waals surface area contributed by atoms with Crippen molar-refractivity contribution >= 4 is 11.9 Å². The molecule has 0 amide bonds. The van der Waals surface area contributed by atoms with E-state index in [0.29, 0.717) is 12.2 Å². The van der Waals surface area contributed by atoms with Crippen LogP contribution in [0.5, 0.6) is 0 Å². The van der Waals surface area contributed by atoms with Crippen LogP contribution in [0.4, 0.5) is 0 Å². The van der Waals surface area contributed by atoms with Gasteiger partial charge in [-0.2, -0.15) is 0 Å². The molecule has 0 rings (SSSR count). The summed E-state index contributed by atoms with van der Waals surface area (Å²) in [5, 5.41) is 18.8. The number of hydrogen-bond donors (Lipinski definition) is 0. The van der Waals surface area contributed by atoms with E-state index in [4.69, 9.17) is 0 Å². The summed E-state index contributed by atoms with van der Waals surface area (Å²) in [6, 6.07) is 0. The molecule has 0 aliphatic carbocycles. The standard InChI is InChI=1S/C4H4O4.2C4H8.2K/c5-3(6)1-2-4(7)8;2*1-4(2)3;;/h1-2H,(H,5,6)(H,7,8);2*1H2,2-3H3;;/q;;;2*+1/p-2/b2-1-;;;;. The Morgan fingerprint density at radius 2 is 0.889 bits per heavy atom. The normalized spacial score (nSPS) is 7.11. The summed E-state index contributed by atoms with van der Waals surface area (Å²) in [5.41, 5.74) is 2.33. The molecule has 0 aromatic carbocycles. The van der Waals surface area contributed by atoms with Gasteiger partial charge >= 0.3 is 103 Å². The van der Waals surface area contributed by atoms with Crippen molar-refractivity contribution in [1.82, 2.24) is 0 Å². The van der Waals surface area contributed by atoms with Gasteiger partial charge in [0.25, 0.3) is 0 Å². The Morgan fingerprint density at radius 3 is 0.944 bits per heavy atom. The van der Waals surface area contributed by atoms with Crippen LogP contribution in [0.15, 0.2) is 36.5 Å². The maximum Gasteiger partial charge on any atom is 1.00 e. The van der Waals surface area contributed by atoms with Crippen molar-refractivity contribution in [2.24, 2.45) is 0 Å². The zero-order valence-corrected chi connectivity index (χ0v) is 18.4. The quantitative estimate of drug-likeness (QED) is 0.289. The van der Waals surface area contributed by atoms with Gasteiger partial charge in [0.15, 0.2) is 0 Å². The molecule has 0 aromatic heterocycles. The summed E-state index contributed by atoms with van der Waals surface area (Å²) < 4.78 is 0. The Balaban J connectivity index is -0.0000000489. The Kier molecular flexibility index (Phi) is 41.4. The minimum absolute atomic E-state index is 0. The Bertz CT molecular complexity index is 248. The number of allylic oxidation sites excluding steroid dienone is 2. The van der Waals surface area contributed by atoms with E-state index in [2.05, 4.69) is 13.2 Å². The molecule has 0 fully saturated rings. The van der Waals surface area contributed by atoms with Crippen LogP contribution in [-0.4, -0.2) is 11.9 Å². The first-order valence-corrected chi connectivity index (χ1v) is 4.43. The monoisotopic (exact) mass is 304 g/mol. The van der Waals surface area contributed by atoms with E-state index in [0.717, 1.165) is 0 Å². The third-order valence-corrected chi connectivity index (χ3v) is 0.355. The minimum atomic E-state index is -1.55. The first-order valence-electron chi connectivity index (χ1n) is 4.43. The molecule has 0 aromatic rings. The van der Waals surface area contributed by atoms with Crippen LogP contribution in [0.25, 0.3) is 0 Å². The smallest absolute Gasteiger partial charge is 0.545 e. The summed E-state index contributed by atoms with van der Waals surface area (Å²) >= 11 is 0. The van der Waals surface area contributed by atoms with Crippen molar-refractivity contribution in [2.45, 2.75) is 27.7 Å². The number of carbonyl (C=O) groups is 2. The van der Waals surface area contributed by atoms with E-state index in [-0.39, 0.29) is 103 Å². The molecule has 4 nitrogen and oxygen atoms in total. The van der Waals surface area contributed by atoms with Crippen LogP contribution in [-0.2, 0) is 9.59 Å². The summed E-state index contributed by atoms with van der Waals surface area (Å²) in [6.07, 6.45) is 0.769. The fourth-order valence-corrected chi connectivity index (χ4v) is 0.136. The predicted molar refractivity (Wildman–Crippen MR) is 60.1 cm³/mol. The average molecular weight is 304 g/mol. The Morgan fingerprint density at radius 1 is 0.778 bits per heavy atom. The molecule has 0 bridgehead atoms. The van der Waals surface area contributed by atoms with Crippen molar-refractivity contribution in [3.8, 4) is 0 Å². The van der Waals surface area contributed by atoms with Gasteiger partial charge in [0.2, 0.25) is 0 Å². The Labute approximate surface area is 194 Å². The number of rotatable bonds is 2. The van der Waals surface area contributed by atoms with Gasteiger partial charge in [-0.15, -0.1) is 13.2 Å². The molecule has 6 heteroatoms. The van der Waals surface area contributed by atoms with Gasteiger partial charge in [-0.1, -0.05) is 11.1 Å². The van der Waals surface area contributed by atoms with Crippen LogP contribution in [0, 0.1) is 0 Å². The molecule has 0 N–H and O–H groups in total. The van der Waals surface area contributed by atoms with Gasteiger partial charge in [0, 0.05) is 0 Å². The largest absolute Gasteiger partial charge is 1.00 e. The van der Waals surface area contributed by atoms with Gasteiger partial charge in [-0.05, 0) is 39.8 Å². The topological polar surface area (TPSA) is 80.3 Å². The van der Waals surface area contributed by atoms with E-state index in [1.54, 1.807) is 0 Å². The third kappa shape index (κ3) is 114. The molecular weight excluding hydrogens is 286 g/mol. The van der Waals surface area contributed by atoms with E-state index < -0.39 is 11.9 Å². The average Bonchev–Trinajstić information content (AvgIpc) is 1.98. The van der Waals surface area contributed by atoms with Gasteiger partial charge in [-0.3, -0.25) is 0 Å². The van der Waals surface area contributed by atoms with E-state index in [9.17, 15) is 19.8 Å². The molecule has 0 radical (unpaired) electrons. The second-order valence-corrected chi connectivity index (χ2v) is 3.39. The molecule has 0 aliphatic rings. The Hall–Kier alpha value is 1.43. The van der Waals surface area contributed by atoms with Crippen LogP contribution >= 0.6 is 0 Å². The van der Waals surface area contributed by atoms with Crippen LogP contribution in [0.1, 0.15) is 27.7 Å². The summed E-state index contributed by atoms with van der Waals surface area (Å²) in [6.45, 7) is 15.0. The molecular formula is C12H18K2O4. The fraction of sp³-hybridized carbons (Fsp3) is 0.333. The SMILES string of the molecule is C=C(C)C.C=C(C)C.O=C([O-])/C=C\C(=O)[O-].[K+].[K+]. The number of carboxylic acids is 2. The zero-order chi connectivity index (χ0) is 13.7. The minimum Gasteiger partial charge on any atom is -0.545 e. The second-order valence-electron chi connectivity index (χ2n) is 3.39.